The molecule has 0 saturated heterocycles. The van der Waals surface area contributed by atoms with Crippen LogP contribution in [-0.4, -0.2) is 4.98 Å². The van der Waals surface area contributed by atoms with Crippen LogP contribution in [0.5, 0.6) is 0 Å². The highest BCUT2D eigenvalue weighted by atomic mass is 19.1. The van der Waals surface area contributed by atoms with Crippen LogP contribution in [-0.2, 0) is 0 Å². The summed E-state index contributed by atoms with van der Waals surface area (Å²) >= 11 is 0. The summed E-state index contributed by atoms with van der Waals surface area (Å²) in [7, 11) is 0. The molecule has 1 unspecified atom stereocenters. The fourth-order valence-electron chi connectivity index (χ4n) is 2.40. The van der Waals surface area contributed by atoms with E-state index in [4.69, 9.17) is 5.73 Å². The average molecular weight is 208 g/mol. The molecule has 1 heterocycles. The molecule has 0 aliphatic heterocycles. The molecule has 1 aliphatic carbocycles. The number of hydrogen-bond donors (Lipinski definition) is 1. The van der Waals surface area contributed by atoms with Gasteiger partial charge < -0.3 is 5.73 Å². The molecular weight excluding hydrogens is 191 g/mol. The number of aromatic nitrogens is 1. The molecule has 1 saturated carbocycles. The van der Waals surface area contributed by atoms with E-state index in [9.17, 15) is 4.39 Å². The van der Waals surface area contributed by atoms with Gasteiger partial charge in [0, 0.05) is 17.8 Å². The van der Waals surface area contributed by atoms with Crippen LogP contribution in [0.3, 0.4) is 0 Å². The molecular formula is C12H17FN2. The molecule has 0 amide bonds. The topological polar surface area (TPSA) is 38.9 Å². The first-order valence-corrected chi connectivity index (χ1v) is 5.64. The fourth-order valence-corrected chi connectivity index (χ4v) is 2.40. The van der Waals surface area contributed by atoms with E-state index in [1.165, 1.54) is 25.5 Å². The van der Waals surface area contributed by atoms with E-state index < -0.39 is 0 Å². The van der Waals surface area contributed by atoms with Gasteiger partial charge in [0.1, 0.15) is 5.82 Å². The Morgan fingerprint density at radius 1 is 1.33 bits per heavy atom. The molecule has 0 spiro atoms. The smallest absolute Gasteiger partial charge is 0.146 e. The van der Waals surface area contributed by atoms with E-state index >= 15 is 0 Å². The van der Waals surface area contributed by atoms with Crippen LogP contribution in [0.4, 0.5) is 4.39 Å². The van der Waals surface area contributed by atoms with Gasteiger partial charge in [-0.3, -0.25) is 4.98 Å². The maximum absolute atomic E-state index is 13.5. The summed E-state index contributed by atoms with van der Waals surface area (Å²) in [5.74, 6) is 0.172. The minimum Gasteiger partial charge on any atom is -0.324 e. The molecule has 0 radical (unpaired) electrons. The molecule has 1 atom stereocenters. The summed E-state index contributed by atoms with van der Waals surface area (Å²) < 4.78 is 13.5. The highest BCUT2D eigenvalue weighted by molar-refractivity contribution is 5.17. The lowest BCUT2D eigenvalue weighted by Crippen LogP contribution is -2.24. The van der Waals surface area contributed by atoms with Crippen molar-refractivity contribution in [2.24, 2.45) is 11.7 Å². The maximum atomic E-state index is 13.5. The van der Waals surface area contributed by atoms with Crippen LogP contribution in [0.1, 0.15) is 43.7 Å². The Morgan fingerprint density at radius 2 is 2.07 bits per heavy atom. The van der Waals surface area contributed by atoms with Crippen molar-refractivity contribution in [1.29, 1.82) is 0 Å². The lowest BCUT2D eigenvalue weighted by Gasteiger charge is -2.27. The Hall–Kier alpha value is -0.960. The van der Waals surface area contributed by atoms with E-state index in [1.807, 2.05) is 0 Å². The Kier molecular flexibility index (Phi) is 3.31. The van der Waals surface area contributed by atoms with Gasteiger partial charge in [-0.25, -0.2) is 4.39 Å². The highest BCUT2D eigenvalue weighted by Gasteiger charge is 2.23. The zero-order valence-corrected chi connectivity index (χ0v) is 8.82. The summed E-state index contributed by atoms with van der Waals surface area (Å²) in [5.41, 5.74) is 6.72. The Labute approximate surface area is 89.7 Å². The van der Waals surface area contributed by atoms with Crippen molar-refractivity contribution in [3.05, 3.63) is 29.8 Å². The Balaban J connectivity index is 2.12. The molecule has 0 aromatic carbocycles. The second-order valence-electron chi connectivity index (χ2n) is 4.32. The lowest BCUT2D eigenvalue weighted by atomic mass is 9.82. The molecule has 0 bridgehead atoms. The number of halogens is 1. The van der Waals surface area contributed by atoms with Crippen LogP contribution in [0.15, 0.2) is 18.5 Å². The normalized spacial score (nSPS) is 20.1. The predicted octanol–water partition coefficient (Wildman–Crippen LogP) is 2.80. The van der Waals surface area contributed by atoms with Crippen LogP contribution in [0.2, 0.25) is 0 Å². The summed E-state index contributed by atoms with van der Waals surface area (Å²) in [4.78, 5) is 3.74. The highest BCUT2D eigenvalue weighted by Crippen LogP contribution is 2.33. The van der Waals surface area contributed by atoms with Gasteiger partial charge in [0.2, 0.25) is 0 Å². The largest absolute Gasteiger partial charge is 0.324 e. The van der Waals surface area contributed by atoms with E-state index in [0.717, 1.165) is 12.8 Å². The maximum Gasteiger partial charge on any atom is 0.146 e. The first-order valence-electron chi connectivity index (χ1n) is 5.64. The monoisotopic (exact) mass is 208 g/mol. The second kappa shape index (κ2) is 4.71. The first kappa shape index (κ1) is 10.6. The minimum atomic E-state index is -0.268. The van der Waals surface area contributed by atoms with Gasteiger partial charge >= 0.3 is 0 Å². The predicted molar refractivity (Wildman–Crippen MR) is 57.7 cm³/mol. The third kappa shape index (κ3) is 2.34. The van der Waals surface area contributed by atoms with Gasteiger partial charge in [0.25, 0.3) is 0 Å². The van der Waals surface area contributed by atoms with Gasteiger partial charge in [-0.2, -0.15) is 0 Å². The van der Waals surface area contributed by atoms with Gasteiger partial charge in [-0.15, -0.1) is 0 Å². The third-order valence-corrected chi connectivity index (χ3v) is 3.32. The van der Waals surface area contributed by atoms with Crippen molar-refractivity contribution in [3.63, 3.8) is 0 Å². The van der Waals surface area contributed by atoms with Crippen molar-refractivity contribution in [2.75, 3.05) is 0 Å². The molecule has 3 heteroatoms. The molecule has 82 valence electrons. The quantitative estimate of drug-likeness (QED) is 0.811. The van der Waals surface area contributed by atoms with Crippen molar-refractivity contribution in [3.8, 4) is 0 Å². The Bertz CT molecular complexity index is 321. The molecule has 1 aromatic rings. The molecule has 15 heavy (non-hydrogen) atoms. The van der Waals surface area contributed by atoms with Gasteiger partial charge in [-0.05, 0) is 24.8 Å². The Morgan fingerprint density at radius 3 is 2.73 bits per heavy atom. The van der Waals surface area contributed by atoms with E-state index in [-0.39, 0.29) is 11.9 Å². The molecule has 1 fully saturated rings. The molecule has 2 N–H and O–H groups in total. The lowest BCUT2D eigenvalue weighted by molar-refractivity contribution is 0.303. The first-order chi connectivity index (χ1) is 7.29. The number of hydrogen-bond acceptors (Lipinski definition) is 2. The SMILES string of the molecule is NC(c1ccncc1F)C1CCCCC1. The van der Waals surface area contributed by atoms with Crippen molar-refractivity contribution in [1.82, 2.24) is 4.98 Å². The van der Waals surface area contributed by atoms with E-state index in [0.29, 0.717) is 11.5 Å². The molecule has 2 rings (SSSR count). The number of nitrogens with zero attached hydrogens (tertiary/aromatic N) is 1. The number of rotatable bonds is 2. The van der Waals surface area contributed by atoms with Gasteiger partial charge in [-0.1, -0.05) is 19.3 Å². The van der Waals surface area contributed by atoms with Crippen molar-refractivity contribution in [2.45, 2.75) is 38.1 Å². The van der Waals surface area contributed by atoms with Gasteiger partial charge in [0.05, 0.1) is 6.20 Å². The van der Waals surface area contributed by atoms with Crippen LogP contribution in [0.25, 0.3) is 0 Å². The average Bonchev–Trinajstić information content (AvgIpc) is 2.30. The zero-order chi connectivity index (χ0) is 10.7. The minimum absolute atomic E-state index is 0.159. The summed E-state index contributed by atoms with van der Waals surface area (Å²) in [6, 6.07) is 1.54. The van der Waals surface area contributed by atoms with Crippen molar-refractivity contribution >= 4 is 0 Å². The molecule has 1 aromatic heterocycles. The van der Waals surface area contributed by atoms with E-state index in [2.05, 4.69) is 4.98 Å². The second-order valence-corrected chi connectivity index (χ2v) is 4.32. The van der Waals surface area contributed by atoms with Crippen LogP contribution in [0, 0.1) is 11.7 Å². The zero-order valence-electron chi connectivity index (χ0n) is 8.82. The van der Waals surface area contributed by atoms with E-state index in [1.54, 1.807) is 12.3 Å². The number of pyridine rings is 1. The number of nitrogens with two attached hydrogens (primary N) is 1. The van der Waals surface area contributed by atoms with Gasteiger partial charge in [0.15, 0.2) is 0 Å². The summed E-state index contributed by atoms with van der Waals surface area (Å²) in [5, 5.41) is 0. The van der Waals surface area contributed by atoms with Crippen LogP contribution >= 0.6 is 0 Å². The summed E-state index contributed by atoms with van der Waals surface area (Å²) in [6.07, 6.45) is 8.86. The van der Waals surface area contributed by atoms with Crippen LogP contribution < -0.4 is 5.73 Å². The third-order valence-electron chi connectivity index (χ3n) is 3.32. The fraction of sp³-hybridized carbons (Fsp3) is 0.583. The summed E-state index contributed by atoms with van der Waals surface area (Å²) in [6.45, 7) is 0. The molecule has 2 nitrogen and oxygen atoms in total. The van der Waals surface area contributed by atoms with Crippen molar-refractivity contribution < 1.29 is 4.39 Å². The molecule has 1 aliphatic rings. The standard InChI is InChI=1S/C12H17FN2/c13-11-8-15-7-6-10(11)12(14)9-4-2-1-3-5-9/h6-9,12H,1-5,14H2.